The number of carboxylic acid groups (broad SMARTS) is 1. The zero-order chi connectivity index (χ0) is 9.97. The number of thiazole rings is 1. The molecule has 0 radical (unpaired) electrons. The Labute approximate surface area is 104 Å². The van der Waals surface area contributed by atoms with Gasteiger partial charge in [0.1, 0.15) is 0 Å². The number of aromatic carboxylic acids is 1. The number of hydrogen-bond acceptors (Lipinski definition) is 4. The Kier molecular flexibility index (Phi) is 4.03. The van der Waals surface area contributed by atoms with Gasteiger partial charge in [-0.1, -0.05) is 6.07 Å². The standard InChI is InChI=1S/C9H6N2O2S.Li.H/c12-9(13)8-11-5-7(14-8)6-2-1-3-10-4-6;;/h1-5H,(H,12,13);;/q;+1;-1. The summed E-state index contributed by atoms with van der Waals surface area (Å²) in [6, 6.07) is 3.67. The molecule has 0 aromatic carbocycles. The quantitative estimate of drug-likeness (QED) is 0.653. The normalized spacial score (nSPS) is 9.33. The van der Waals surface area contributed by atoms with Crippen LogP contribution in [0, 0.1) is 0 Å². The minimum atomic E-state index is -0.995. The first-order chi connectivity index (χ1) is 6.77. The molecule has 0 aliphatic heterocycles. The average Bonchev–Trinajstić information content (AvgIpc) is 2.68. The van der Waals surface area contributed by atoms with Gasteiger partial charge in [-0.2, -0.15) is 0 Å². The van der Waals surface area contributed by atoms with E-state index in [4.69, 9.17) is 5.11 Å². The molecular weight excluding hydrogens is 207 g/mol. The van der Waals surface area contributed by atoms with Gasteiger partial charge in [0.25, 0.3) is 0 Å². The molecule has 0 fully saturated rings. The second-order valence-electron chi connectivity index (χ2n) is 2.58. The molecule has 15 heavy (non-hydrogen) atoms. The van der Waals surface area contributed by atoms with Crippen LogP contribution < -0.4 is 18.9 Å². The van der Waals surface area contributed by atoms with Crippen molar-refractivity contribution in [3.8, 4) is 10.4 Å². The van der Waals surface area contributed by atoms with Gasteiger partial charge in [0.2, 0.25) is 5.01 Å². The van der Waals surface area contributed by atoms with E-state index < -0.39 is 5.97 Å². The summed E-state index contributed by atoms with van der Waals surface area (Å²) in [4.78, 5) is 19.1. The summed E-state index contributed by atoms with van der Waals surface area (Å²) in [6.45, 7) is 0. The Morgan fingerprint density at radius 2 is 2.27 bits per heavy atom. The molecule has 0 aliphatic carbocycles. The van der Waals surface area contributed by atoms with E-state index in [1.165, 1.54) is 0 Å². The fraction of sp³-hybridized carbons (Fsp3) is 0. The Balaban J connectivity index is 0.00000112. The molecule has 4 nitrogen and oxygen atoms in total. The second kappa shape index (κ2) is 5.08. The average molecular weight is 214 g/mol. The summed E-state index contributed by atoms with van der Waals surface area (Å²) >= 11 is 1.14. The summed E-state index contributed by atoms with van der Waals surface area (Å²) < 4.78 is 0. The van der Waals surface area contributed by atoms with Gasteiger partial charge >= 0.3 is 24.8 Å². The fourth-order valence-corrected chi connectivity index (χ4v) is 1.76. The van der Waals surface area contributed by atoms with E-state index in [0.29, 0.717) is 0 Å². The predicted molar refractivity (Wildman–Crippen MR) is 53.4 cm³/mol. The minimum Gasteiger partial charge on any atom is -1.00 e. The molecule has 0 saturated carbocycles. The molecular formula is C9H7LiN2O2S. The number of aromatic nitrogens is 2. The Hall–Kier alpha value is -1.15. The molecule has 6 heteroatoms. The van der Waals surface area contributed by atoms with Gasteiger partial charge < -0.3 is 6.53 Å². The maximum absolute atomic E-state index is 10.6. The summed E-state index contributed by atoms with van der Waals surface area (Å²) in [5, 5.41) is 8.78. The second-order valence-corrected chi connectivity index (χ2v) is 3.61. The van der Waals surface area contributed by atoms with E-state index in [1.807, 2.05) is 6.07 Å². The minimum absolute atomic E-state index is 0. The summed E-state index contributed by atoms with van der Waals surface area (Å²) in [6.07, 6.45) is 4.90. The molecule has 1 N–H and O–H groups in total. The molecule has 0 unspecified atom stereocenters. The smallest absolute Gasteiger partial charge is 1.00 e. The zero-order valence-corrected chi connectivity index (χ0v) is 8.86. The monoisotopic (exact) mass is 214 g/mol. The van der Waals surface area contributed by atoms with Crippen LogP contribution in [0.5, 0.6) is 0 Å². The Bertz CT molecular complexity index is 464. The van der Waals surface area contributed by atoms with Crippen LogP contribution in [0.2, 0.25) is 0 Å². The third-order valence-electron chi connectivity index (χ3n) is 1.63. The van der Waals surface area contributed by atoms with Crippen molar-refractivity contribution in [2.75, 3.05) is 0 Å². The molecule has 0 bridgehead atoms. The van der Waals surface area contributed by atoms with Crippen molar-refractivity contribution in [2.24, 2.45) is 0 Å². The van der Waals surface area contributed by atoms with Gasteiger partial charge in [0.15, 0.2) is 0 Å². The van der Waals surface area contributed by atoms with E-state index in [1.54, 1.807) is 24.7 Å². The molecule has 0 saturated heterocycles. The van der Waals surface area contributed by atoms with Crippen LogP contribution in [0.1, 0.15) is 11.2 Å². The zero-order valence-electron chi connectivity index (χ0n) is 9.04. The topological polar surface area (TPSA) is 63.1 Å². The van der Waals surface area contributed by atoms with E-state index in [2.05, 4.69) is 9.97 Å². The van der Waals surface area contributed by atoms with Crippen molar-refractivity contribution in [2.45, 2.75) is 0 Å². The molecule has 0 spiro atoms. The Morgan fingerprint density at radius 1 is 1.47 bits per heavy atom. The number of carboxylic acids is 1. The SMILES string of the molecule is O=C(O)c1ncc(-c2cccnc2)s1.[H-].[Li+]. The summed E-state index contributed by atoms with van der Waals surface area (Å²) in [7, 11) is 0. The maximum atomic E-state index is 10.6. The van der Waals surface area contributed by atoms with Gasteiger partial charge in [-0.25, -0.2) is 9.78 Å². The molecule has 0 atom stereocenters. The van der Waals surface area contributed by atoms with Crippen LogP contribution >= 0.6 is 11.3 Å². The third kappa shape index (κ3) is 2.66. The van der Waals surface area contributed by atoms with Crippen LogP contribution in [0.3, 0.4) is 0 Å². The molecule has 0 amide bonds. The van der Waals surface area contributed by atoms with Gasteiger partial charge in [0, 0.05) is 24.2 Å². The van der Waals surface area contributed by atoms with Gasteiger partial charge in [-0.05, 0) is 6.07 Å². The van der Waals surface area contributed by atoms with Crippen LogP contribution in [-0.2, 0) is 0 Å². The molecule has 2 heterocycles. The van der Waals surface area contributed by atoms with Gasteiger partial charge in [-0.15, -0.1) is 11.3 Å². The molecule has 2 rings (SSSR count). The number of rotatable bonds is 2. The first-order valence-electron chi connectivity index (χ1n) is 3.87. The molecule has 2 aromatic rings. The van der Waals surface area contributed by atoms with Crippen LogP contribution in [0.15, 0.2) is 30.7 Å². The number of nitrogens with zero attached hydrogens (tertiary/aromatic N) is 2. The molecule has 2 aromatic heterocycles. The van der Waals surface area contributed by atoms with Crippen LogP contribution in [0.4, 0.5) is 0 Å². The van der Waals surface area contributed by atoms with E-state index >= 15 is 0 Å². The fourth-order valence-electron chi connectivity index (χ4n) is 1.01. The van der Waals surface area contributed by atoms with E-state index in [-0.39, 0.29) is 25.3 Å². The van der Waals surface area contributed by atoms with E-state index in [9.17, 15) is 4.79 Å². The first kappa shape index (κ1) is 11.9. The number of hydrogen-bond donors (Lipinski definition) is 1. The van der Waals surface area contributed by atoms with Crippen molar-refractivity contribution in [1.82, 2.24) is 9.97 Å². The van der Waals surface area contributed by atoms with Crippen LogP contribution in [0.25, 0.3) is 10.4 Å². The number of pyridine rings is 1. The van der Waals surface area contributed by atoms with Gasteiger partial charge in [0.05, 0.1) is 4.88 Å². The molecule has 72 valence electrons. The van der Waals surface area contributed by atoms with Crippen molar-refractivity contribution >= 4 is 17.3 Å². The Morgan fingerprint density at radius 3 is 2.80 bits per heavy atom. The van der Waals surface area contributed by atoms with Crippen LogP contribution in [-0.4, -0.2) is 21.0 Å². The van der Waals surface area contributed by atoms with Gasteiger partial charge in [-0.3, -0.25) is 4.98 Å². The number of carbonyl (C=O) groups is 1. The van der Waals surface area contributed by atoms with Crippen molar-refractivity contribution in [1.29, 1.82) is 0 Å². The van der Waals surface area contributed by atoms with Crippen molar-refractivity contribution in [3.05, 3.63) is 35.7 Å². The predicted octanol–water partition coefficient (Wildman–Crippen LogP) is -0.980. The van der Waals surface area contributed by atoms with E-state index in [0.717, 1.165) is 21.8 Å². The third-order valence-corrected chi connectivity index (χ3v) is 2.67. The maximum Gasteiger partial charge on any atom is 1.00 e. The largest absolute Gasteiger partial charge is 1.00 e. The first-order valence-corrected chi connectivity index (χ1v) is 4.68. The molecule has 0 aliphatic rings. The van der Waals surface area contributed by atoms with Crippen molar-refractivity contribution in [3.63, 3.8) is 0 Å². The summed E-state index contributed by atoms with van der Waals surface area (Å²) in [5.41, 5.74) is 0.887. The van der Waals surface area contributed by atoms with Crippen molar-refractivity contribution < 1.29 is 30.2 Å². The summed E-state index contributed by atoms with van der Waals surface area (Å²) in [5.74, 6) is -0.995.